The highest BCUT2D eigenvalue weighted by Gasteiger charge is 2.17. The number of rotatable bonds is 4. The smallest absolute Gasteiger partial charge is 0.193 e. The van der Waals surface area contributed by atoms with E-state index in [2.05, 4.69) is 39.2 Å². The van der Waals surface area contributed by atoms with Gasteiger partial charge < -0.3 is 0 Å². The molecule has 0 saturated carbocycles. The molecular weight excluding hydrogens is 280 g/mol. The Morgan fingerprint density at radius 2 is 2.24 bits per heavy atom. The summed E-state index contributed by atoms with van der Waals surface area (Å²) in [5.41, 5.74) is 8.26. The number of nitrogens with zero attached hydrogens (tertiary/aromatic N) is 2. The molecule has 1 unspecified atom stereocenters. The molecule has 0 spiro atoms. The van der Waals surface area contributed by atoms with Crippen molar-refractivity contribution in [3.8, 4) is 0 Å². The number of hydrogen-bond acceptors (Lipinski definition) is 4. The zero-order valence-corrected chi connectivity index (χ0v) is 12.6. The molecule has 0 saturated heterocycles. The fraction of sp³-hybridized carbons (Fsp3) is 0.312. The Hall–Kier alpha value is -1.69. The first-order chi connectivity index (χ1) is 10.3. The lowest BCUT2D eigenvalue weighted by atomic mass is 9.98. The number of benzene rings is 1. The van der Waals surface area contributed by atoms with Crippen molar-refractivity contribution in [2.45, 2.75) is 31.7 Å². The normalized spacial score (nSPS) is 15.5. The number of imidazole rings is 1. The van der Waals surface area contributed by atoms with Crippen LogP contribution in [0.5, 0.6) is 0 Å². The van der Waals surface area contributed by atoms with E-state index in [0.29, 0.717) is 0 Å². The molecule has 1 atom stereocenters. The van der Waals surface area contributed by atoms with Gasteiger partial charge in [0, 0.05) is 24.2 Å². The highest BCUT2D eigenvalue weighted by molar-refractivity contribution is 7.15. The van der Waals surface area contributed by atoms with E-state index in [-0.39, 0.29) is 6.04 Å². The number of aromatic nitrogens is 2. The van der Waals surface area contributed by atoms with Crippen molar-refractivity contribution in [1.29, 1.82) is 0 Å². The molecule has 1 aliphatic carbocycles. The summed E-state index contributed by atoms with van der Waals surface area (Å²) < 4.78 is 2.07. The number of aryl methyl sites for hydroxylation is 2. The second-order valence-corrected chi connectivity index (χ2v) is 6.50. The Balaban J connectivity index is 1.60. The SMILES string of the molecule is NNC(Cc1cn2ccsc2n1)c1ccc2c(c1)CCC2. The van der Waals surface area contributed by atoms with E-state index in [1.165, 1.54) is 36.0 Å². The first kappa shape index (κ1) is 13.0. The summed E-state index contributed by atoms with van der Waals surface area (Å²) in [6.07, 6.45) is 8.62. The molecule has 108 valence electrons. The van der Waals surface area contributed by atoms with Gasteiger partial charge in [-0.3, -0.25) is 15.7 Å². The van der Waals surface area contributed by atoms with Gasteiger partial charge in [0.15, 0.2) is 4.96 Å². The van der Waals surface area contributed by atoms with Crippen LogP contribution in [0.2, 0.25) is 0 Å². The third-order valence-electron chi connectivity index (χ3n) is 4.28. The molecule has 4 rings (SSSR count). The molecule has 21 heavy (non-hydrogen) atoms. The molecule has 5 heteroatoms. The average Bonchev–Trinajstić information content (AvgIpc) is 3.18. The third-order valence-corrected chi connectivity index (χ3v) is 5.05. The predicted octanol–water partition coefficient (Wildman–Crippen LogP) is 2.63. The van der Waals surface area contributed by atoms with Crippen molar-refractivity contribution >= 4 is 16.3 Å². The van der Waals surface area contributed by atoms with Crippen LogP contribution in [0.3, 0.4) is 0 Å². The summed E-state index contributed by atoms with van der Waals surface area (Å²) in [5.74, 6) is 5.79. The minimum Gasteiger partial charge on any atom is -0.297 e. The lowest BCUT2D eigenvalue weighted by molar-refractivity contribution is 0.546. The molecule has 0 radical (unpaired) electrons. The molecule has 0 bridgehead atoms. The Morgan fingerprint density at radius 1 is 1.33 bits per heavy atom. The van der Waals surface area contributed by atoms with E-state index in [9.17, 15) is 0 Å². The van der Waals surface area contributed by atoms with E-state index in [1.807, 2.05) is 11.6 Å². The number of hydrogen-bond donors (Lipinski definition) is 2. The Bertz CT molecular complexity index is 745. The number of fused-ring (bicyclic) bond motifs is 2. The number of nitrogens with two attached hydrogens (primary N) is 1. The highest BCUT2D eigenvalue weighted by atomic mass is 32.1. The number of thiazole rings is 1. The summed E-state index contributed by atoms with van der Waals surface area (Å²) in [6.45, 7) is 0. The molecule has 0 aliphatic heterocycles. The van der Waals surface area contributed by atoms with Crippen LogP contribution >= 0.6 is 11.3 Å². The van der Waals surface area contributed by atoms with Crippen LogP contribution in [0.1, 0.15) is 34.8 Å². The first-order valence-corrected chi connectivity index (χ1v) is 8.20. The minimum absolute atomic E-state index is 0.112. The fourth-order valence-corrected chi connectivity index (χ4v) is 3.88. The highest BCUT2D eigenvalue weighted by Crippen LogP contribution is 2.26. The zero-order valence-electron chi connectivity index (χ0n) is 11.7. The predicted molar refractivity (Wildman–Crippen MR) is 85.3 cm³/mol. The lowest BCUT2D eigenvalue weighted by Crippen LogP contribution is -2.29. The van der Waals surface area contributed by atoms with Gasteiger partial charge in [0.1, 0.15) is 0 Å². The molecule has 4 nitrogen and oxygen atoms in total. The van der Waals surface area contributed by atoms with Crippen molar-refractivity contribution in [3.63, 3.8) is 0 Å². The van der Waals surface area contributed by atoms with Gasteiger partial charge in [0.25, 0.3) is 0 Å². The number of hydrazine groups is 1. The summed E-state index contributed by atoms with van der Waals surface area (Å²) in [4.78, 5) is 5.68. The van der Waals surface area contributed by atoms with Crippen LogP contribution < -0.4 is 11.3 Å². The standard InChI is InChI=1S/C16H18N4S/c17-19-15(9-14-10-20-6-7-21-16(20)18-14)13-5-4-11-2-1-3-12(11)8-13/h4-8,10,15,19H,1-3,9,17H2. The minimum atomic E-state index is 0.112. The van der Waals surface area contributed by atoms with E-state index < -0.39 is 0 Å². The van der Waals surface area contributed by atoms with E-state index >= 15 is 0 Å². The second-order valence-electron chi connectivity index (χ2n) is 5.63. The third kappa shape index (κ3) is 2.37. The lowest BCUT2D eigenvalue weighted by Gasteiger charge is -2.16. The largest absolute Gasteiger partial charge is 0.297 e. The monoisotopic (exact) mass is 298 g/mol. The molecule has 3 N–H and O–H groups in total. The summed E-state index contributed by atoms with van der Waals surface area (Å²) in [6, 6.07) is 6.88. The van der Waals surface area contributed by atoms with Crippen LogP contribution in [0.25, 0.3) is 4.96 Å². The van der Waals surface area contributed by atoms with Gasteiger partial charge in [-0.25, -0.2) is 4.98 Å². The van der Waals surface area contributed by atoms with Crippen LogP contribution in [0.4, 0.5) is 0 Å². The van der Waals surface area contributed by atoms with Crippen LogP contribution in [0, 0.1) is 0 Å². The maximum Gasteiger partial charge on any atom is 0.193 e. The Kier molecular flexibility index (Phi) is 3.25. The molecule has 3 aromatic rings. The summed E-state index contributed by atoms with van der Waals surface area (Å²) >= 11 is 1.66. The number of nitrogens with one attached hydrogen (secondary N) is 1. The van der Waals surface area contributed by atoms with Gasteiger partial charge in [0.2, 0.25) is 0 Å². The topological polar surface area (TPSA) is 55.3 Å². The fourth-order valence-electron chi connectivity index (χ4n) is 3.17. The molecule has 0 amide bonds. The summed E-state index contributed by atoms with van der Waals surface area (Å²) in [5, 5.41) is 2.05. The van der Waals surface area contributed by atoms with Crippen LogP contribution in [-0.4, -0.2) is 9.38 Å². The maximum absolute atomic E-state index is 5.79. The van der Waals surface area contributed by atoms with Crippen LogP contribution in [-0.2, 0) is 19.3 Å². The molecule has 2 aromatic heterocycles. The van der Waals surface area contributed by atoms with Gasteiger partial charge in [-0.05, 0) is 36.0 Å². The molecule has 1 aromatic carbocycles. The van der Waals surface area contributed by atoms with E-state index in [4.69, 9.17) is 5.84 Å². The first-order valence-electron chi connectivity index (χ1n) is 7.32. The van der Waals surface area contributed by atoms with Crippen molar-refractivity contribution in [2.24, 2.45) is 5.84 Å². The van der Waals surface area contributed by atoms with Gasteiger partial charge in [0.05, 0.1) is 11.7 Å². The maximum atomic E-state index is 5.79. The Labute approximate surface area is 127 Å². The zero-order chi connectivity index (χ0) is 14.2. The van der Waals surface area contributed by atoms with Crippen LogP contribution in [0.15, 0.2) is 36.0 Å². The molecule has 0 fully saturated rings. The molecular formula is C16H18N4S. The van der Waals surface area contributed by atoms with E-state index in [1.54, 1.807) is 11.3 Å². The van der Waals surface area contributed by atoms with Gasteiger partial charge in [-0.15, -0.1) is 11.3 Å². The van der Waals surface area contributed by atoms with Gasteiger partial charge in [-0.1, -0.05) is 18.2 Å². The Morgan fingerprint density at radius 3 is 3.10 bits per heavy atom. The molecule has 2 heterocycles. The van der Waals surface area contributed by atoms with Crippen molar-refractivity contribution < 1.29 is 0 Å². The van der Waals surface area contributed by atoms with Crippen molar-refractivity contribution in [1.82, 2.24) is 14.8 Å². The quantitative estimate of drug-likeness (QED) is 0.575. The van der Waals surface area contributed by atoms with Gasteiger partial charge >= 0.3 is 0 Å². The van der Waals surface area contributed by atoms with Crippen molar-refractivity contribution in [2.75, 3.05) is 0 Å². The summed E-state index contributed by atoms with van der Waals surface area (Å²) in [7, 11) is 0. The van der Waals surface area contributed by atoms with Crippen molar-refractivity contribution in [3.05, 3.63) is 58.4 Å². The van der Waals surface area contributed by atoms with Gasteiger partial charge in [-0.2, -0.15) is 0 Å². The van der Waals surface area contributed by atoms with E-state index in [0.717, 1.165) is 17.1 Å². The second kappa shape index (κ2) is 5.26. The molecule has 1 aliphatic rings. The average molecular weight is 298 g/mol.